The molecule has 4 heteroatoms. The molecule has 128 valence electrons. The average molecular weight is 320 g/mol. The quantitative estimate of drug-likeness (QED) is 0.586. The van der Waals surface area contributed by atoms with Crippen molar-refractivity contribution in [3.8, 4) is 0 Å². The van der Waals surface area contributed by atoms with Crippen LogP contribution in [0.3, 0.4) is 0 Å². The lowest BCUT2D eigenvalue weighted by Gasteiger charge is -2.56. The van der Waals surface area contributed by atoms with Crippen molar-refractivity contribution < 1.29 is 19.8 Å². The van der Waals surface area contributed by atoms with Crippen molar-refractivity contribution in [1.29, 1.82) is 0 Å². The van der Waals surface area contributed by atoms with E-state index in [1.54, 1.807) is 0 Å². The molecule has 2 aliphatic rings. The van der Waals surface area contributed by atoms with Crippen molar-refractivity contribution in [2.45, 2.75) is 59.3 Å². The second-order valence-corrected chi connectivity index (χ2v) is 7.80. The van der Waals surface area contributed by atoms with Crippen LogP contribution in [0.1, 0.15) is 59.3 Å². The molecule has 2 rings (SSSR count). The Bertz CT molecular complexity index is 548. The minimum absolute atomic E-state index is 0.00422. The molecule has 0 bridgehead atoms. The lowest BCUT2D eigenvalue weighted by Crippen LogP contribution is -2.48. The summed E-state index contributed by atoms with van der Waals surface area (Å²) in [6.07, 6.45) is 11.1. The fourth-order valence-corrected chi connectivity index (χ4v) is 4.82. The normalized spacial score (nSPS) is 37.3. The molecular formula is C19H28O4. The van der Waals surface area contributed by atoms with Crippen LogP contribution < -0.4 is 0 Å². The number of carboxylic acid groups (broad SMARTS) is 2. The predicted molar refractivity (Wildman–Crippen MR) is 89.1 cm³/mol. The third-order valence-electron chi connectivity index (χ3n) is 6.46. The Morgan fingerprint density at radius 2 is 1.96 bits per heavy atom. The van der Waals surface area contributed by atoms with Crippen molar-refractivity contribution in [2.24, 2.45) is 22.7 Å². The average Bonchev–Trinajstić information content (AvgIpc) is 2.47. The van der Waals surface area contributed by atoms with Gasteiger partial charge in [-0.3, -0.25) is 0 Å². The van der Waals surface area contributed by atoms with Crippen LogP contribution in [0.5, 0.6) is 0 Å². The Morgan fingerprint density at radius 1 is 1.26 bits per heavy atom. The van der Waals surface area contributed by atoms with E-state index in [0.717, 1.165) is 31.8 Å². The Kier molecular flexibility index (Phi) is 5.02. The van der Waals surface area contributed by atoms with E-state index < -0.39 is 11.9 Å². The maximum Gasteiger partial charge on any atom is 0.331 e. The van der Waals surface area contributed by atoms with Crippen LogP contribution in [0.2, 0.25) is 0 Å². The highest BCUT2D eigenvalue weighted by Gasteiger charge is 2.51. The first-order valence-corrected chi connectivity index (χ1v) is 8.53. The summed E-state index contributed by atoms with van der Waals surface area (Å²) >= 11 is 0. The van der Waals surface area contributed by atoms with Gasteiger partial charge in [-0.25, -0.2) is 9.59 Å². The lowest BCUT2D eigenvalue weighted by atomic mass is 9.48. The van der Waals surface area contributed by atoms with Crippen molar-refractivity contribution >= 4 is 11.9 Å². The highest BCUT2D eigenvalue weighted by Crippen LogP contribution is 2.59. The van der Waals surface area contributed by atoms with E-state index in [9.17, 15) is 14.7 Å². The number of hydrogen-bond acceptors (Lipinski definition) is 2. The van der Waals surface area contributed by atoms with Gasteiger partial charge in [0, 0.05) is 11.6 Å². The summed E-state index contributed by atoms with van der Waals surface area (Å²) < 4.78 is 0. The third kappa shape index (κ3) is 3.51. The number of rotatable bonds is 5. The first kappa shape index (κ1) is 17.8. The maximum absolute atomic E-state index is 11.3. The summed E-state index contributed by atoms with van der Waals surface area (Å²) in [5.74, 6) is -1.25. The van der Waals surface area contributed by atoms with Crippen LogP contribution >= 0.6 is 0 Å². The van der Waals surface area contributed by atoms with E-state index in [0.29, 0.717) is 18.3 Å². The molecule has 0 heterocycles. The monoisotopic (exact) mass is 320 g/mol. The van der Waals surface area contributed by atoms with E-state index >= 15 is 0 Å². The highest BCUT2D eigenvalue weighted by molar-refractivity contribution is 5.94. The van der Waals surface area contributed by atoms with E-state index in [4.69, 9.17) is 5.11 Å². The van der Waals surface area contributed by atoms with Gasteiger partial charge < -0.3 is 10.2 Å². The van der Waals surface area contributed by atoms with E-state index in [1.165, 1.54) is 6.42 Å². The Hall–Kier alpha value is -1.58. The molecule has 2 aliphatic carbocycles. The number of allylic oxidation sites excluding steroid dienone is 2. The first-order chi connectivity index (χ1) is 10.7. The topological polar surface area (TPSA) is 74.6 Å². The minimum Gasteiger partial charge on any atom is -0.478 e. The molecule has 0 aliphatic heterocycles. The number of carbonyl (C=O) groups is 2. The summed E-state index contributed by atoms with van der Waals surface area (Å²) in [4.78, 5) is 22.1. The lowest BCUT2D eigenvalue weighted by molar-refractivity contribution is -0.135. The van der Waals surface area contributed by atoms with Crippen LogP contribution in [-0.2, 0) is 9.59 Å². The van der Waals surface area contributed by atoms with E-state index in [2.05, 4.69) is 32.9 Å². The fourth-order valence-electron chi connectivity index (χ4n) is 4.82. The molecular weight excluding hydrogens is 292 g/mol. The predicted octanol–water partition coefficient (Wildman–Crippen LogP) is 4.27. The number of carboxylic acids is 2. The zero-order valence-electron chi connectivity index (χ0n) is 14.3. The van der Waals surface area contributed by atoms with Gasteiger partial charge in [0.05, 0.1) is 0 Å². The van der Waals surface area contributed by atoms with Crippen molar-refractivity contribution in [3.05, 3.63) is 23.8 Å². The molecule has 0 aromatic rings. The summed E-state index contributed by atoms with van der Waals surface area (Å²) in [6.45, 7) is 6.86. The number of aliphatic carboxylic acids is 2. The molecule has 23 heavy (non-hydrogen) atoms. The zero-order valence-corrected chi connectivity index (χ0v) is 14.3. The Morgan fingerprint density at radius 3 is 2.57 bits per heavy atom. The van der Waals surface area contributed by atoms with Gasteiger partial charge in [-0.2, -0.15) is 0 Å². The van der Waals surface area contributed by atoms with Gasteiger partial charge in [-0.15, -0.1) is 0 Å². The third-order valence-corrected chi connectivity index (χ3v) is 6.46. The molecule has 0 aromatic heterocycles. The molecule has 1 saturated carbocycles. The molecule has 4 atom stereocenters. The molecule has 2 N–H and O–H groups in total. The van der Waals surface area contributed by atoms with Gasteiger partial charge in [0.15, 0.2) is 0 Å². The van der Waals surface area contributed by atoms with Gasteiger partial charge in [0.2, 0.25) is 0 Å². The van der Waals surface area contributed by atoms with Gasteiger partial charge in [0.25, 0.3) is 0 Å². The molecule has 0 aromatic carbocycles. The zero-order chi connectivity index (χ0) is 17.3. The second kappa shape index (κ2) is 6.50. The second-order valence-electron chi connectivity index (χ2n) is 7.80. The highest BCUT2D eigenvalue weighted by atomic mass is 16.4. The molecule has 4 nitrogen and oxygen atoms in total. The van der Waals surface area contributed by atoms with Crippen LogP contribution in [0.15, 0.2) is 23.8 Å². The van der Waals surface area contributed by atoms with Crippen LogP contribution in [-0.4, -0.2) is 22.2 Å². The molecule has 0 spiro atoms. The van der Waals surface area contributed by atoms with E-state index in [1.807, 2.05) is 0 Å². The van der Waals surface area contributed by atoms with Gasteiger partial charge >= 0.3 is 11.9 Å². The summed E-state index contributed by atoms with van der Waals surface area (Å²) in [5, 5.41) is 18.1. The largest absolute Gasteiger partial charge is 0.478 e. The molecule has 0 saturated heterocycles. The van der Waals surface area contributed by atoms with Crippen LogP contribution in [0.25, 0.3) is 0 Å². The van der Waals surface area contributed by atoms with Crippen molar-refractivity contribution in [3.63, 3.8) is 0 Å². The van der Waals surface area contributed by atoms with Crippen LogP contribution in [0.4, 0.5) is 0 Å². The Balaban J connectivity index is 2.23. The van der Waals surface area contributed by atoms with Gasteiger partial charge in [-0.1, -0.05) is 32.9 Å². The van der Waals surface area contributed by atoms with Crippen molar-refractivity contribution in [1.82, 2.24) is 0 Å². The SMILES string of the molecule is CC1CCC2(C)C=CCCC2C1(C)CCC(=CC(=O)O)C(=O)O. The number of hydrogen-bond donors (Lipinski definition) is 2. The van der Waals surface area contributed by atoms with E-state index in [-0.39, 0.29) is 16.4 Å². The van der Waals surface area contributed by atoms with Gasteiger partial charge in [-0.05, 0) is 61.2 Å². The summed E-state index contributed by atoms with van der Waals surface area (Å²) in [5.41, 5.74) is 0.245. The summed E-state index contributed by atoms with van der Waals surface area (Å²) in [6, 6.07) is 0. The maximum atomic E-state index is 11.3. The smallest absolute Gasteiger partial charge is 0.331 e. The Labute approximate surface area is 138 Å². The number of fused-ring (bicyclic) bond motifs is 1. The molecule has 0 amide bonds. The first-order valence-electron chi connectivity index (χ1n) is 8.53. The molecule has 4 unspecified atom stereocenters. The summed E-state index contributed by atoms with van der Waals surface area (Å²) in [7, 11) is 0. The minimum atomic E-state index is -1.19. The van der Waals surface area contributed by atoms with Crippen LogP contribution in [0, 0.1) is 22.7 Å². The fraction of sp³-hybridized carbons (Fsp3) is 0.684. The van der Waals surface area contributed by atoms with Gasteiger partial charge in [0.1, 0.15) is 0 Å². The van der Waals surface area contributed by atoms with Crippen molar-refractivity contribution in [2.75, 3.05) is 0 Å². The molecule has 0 radical (unpaired) electrons. The standard InChI is InChI=1S/C19H28O4/c1-13-7-10-18(2)9-5-4-6-15(18)19(13,3)11-8-14(17(22)23)12-16(20)21/h5,9,12-13,15H,4,6-8,10-11H2,1-3H3,(H,20,21)(H,22,23). The molecule has 1 fully saturated rings.